The van der Waals surface area contributed by atoms with Gasteiger partial charge in [-0.05, 0) is 13.5 Å². The Bertz CT molecular complexity index is 130. The largest absolute Gasteiger partial charge is 0.395 e. The normalized spacial score (nSPS) is 9.33. The van der Waals surface area contributed by atoms with Gasteiger partial charge in [0.25, 0.3) is 0 Å². The van der Waals surface area contributed by atoms with Crippen LogP contribution in [-0.4, -0.2) is 36.2 Å². The van der Waals surface area contributed by atoms with E-state index in [0.717, 1.165) is 5.75 Å². The molecule has 3 nitrogen and oxygen atoms in total. The fourth-order valence-electron chi connectivity index (χ4n) is 0.857. The lowest BCUT2D eigenvalue weighted by molar-refractivity contribution is -0.109. The van der Waals surface area contributed by atoms with Crippen LogP contribution >= 0.6 is 11.8 Å². The number of carbonyl (C=O) groups excluding carboxylic acids is 1. The van der Waals surface area contributed by atoms with Crippen molar-refractivity contribution in [1.82, 2.24) is 5.32 Å². The number of aliphatic hydroxyl groups excluding tert-OH is 1. The lowest BCUT2D eigenvalue weighted by atomic mass is 10.2. The molecule has 2 N–H and O–H groups in total. The van der Waals surface area contributed by atoms with Gasteiger partial charge in [-0.1, -0.05) is 37.9 Å². The Labute approximate surface area is 98.0 Å². The lowest BCUT2D eigenvalue weighted by Crippen LogP contribution is -2.10. The third kappa shape index (κ3) is 24.9. The molecule has 0 fully saturated rings. The van der Waals surface area contributed by atoms with E-state index in [0.29, 0.717) is 6.54 Å². The van der Waals surface area contributed by atoms with Crippen LogP contribution in [0.15, 0.2) is 0 Å². The fourth-order valence-corrected chi connectivity index (χ4v) is 1.49. The molecule has 15 heavy (non-hydrogen) atoms. The highest BCUT2D eigenvalue weighted by molar-refractivity contribution is 8.13. The highest BCUT2D eigenvalue weighted by atomic mass is 32.2. The van der Waals surface area contributed by atoms with Gasteiger partial charge in [-0.3, -0.25) is 4.79 Å². The van der Waals surface area contributed by atoms with Gasteiger partial charge in [0.15, 0.2) is 5.12 Å². The van der Waals surface area contributed by atoms with Crippen molar-refractivity contribution in [2.75, 3.05) is 26.0 Å². The van der Waals surface area contributed by atoms with E-state index in [1.54, 1.807) is 14.0 Å². The summed E-state index contributed by atoms with van der Waals surface area (Å²) in [4.78, 5) is 10.4. The molecular formula is C11H25NO2S. The van der Waals surface area contributed by atoms with Crippen LogP contribution in [0.1, 0.15) is 39.5 Å². The van der Waals surface area contributed by atoms with E-state index in [1.807, 2.05) is 0 Å². The van der Waals surface area contributed by atoms with Crippen molar-refractivity contribution in [2.45, 2.75) is 39.5 Å². The monoisotopic (exact) mass is 235 g/mol. The van der Waals surface area contributed by atoms with Crippen LogP contribution in [0, 0.1) is 0 Å². The zero-order valence-electron chi connectivity index (χ0n) is 10.2. The third-order valence-electron chi connectivity index (χ3n) is 1.67. The maximum Gasteiger partial charge on any atom is 0.185 e. The Morgan fingerprint density at radius 1 is 1.33 bits per heavy atom. The van der Waals surface area contributed by atoms with Crippen molar-refractivity contribution >= 4 is 16.9 Å². The summed E-state index contributed by atoms with van der Waals surface area (Å²) in [5, 5.41) is 11.0. The Morgan fingerprint density at radius 2 is 2.00 bits per heavy atom. The van der Waals surface area contributed by atoms with Crippen LogP contribution in [0.4, 0.5) is 0 Å². The van der Waals surface area contributed by atoms with Gasteiger partial charge in [0.05, 0.1) is 6.61 Å². The van der Waals surface area contributed by atoms with Gasteiger partial charge in [0.1, 0.15) is 0 Å². The SMILES string of the molecule is CCCCCCSC(C)=O.CNCCO. The average molecular weight is 235 g/mol. The second-order valence-corrected chi connectivity index (χ2v) is 4.50. The highest BCUT2D eigenvalue weighted by Gasteiger charge is 1.92. The molecule has 0 spiro atoms. The maximum atomic E-state index is 10.4. The van der Waals surface area contributed by atoms with E-state index in [-0.39, 0.29) is 11.7 Å². The number of thioether (sulfide) groups is 1. The molecule has 0 aromatic carbocycles. The number of hydrogen-bond acceptors (Lipinski definition) is 4. The summed E-state index contributed by atoms with van der Waals surface area (Å²) in [7, 11) is 1.80. The van der Waals surface area contributed by atoms with Crippen LogP contribution in [0.3, 0.4) is 0 Å². The second kappa shape index (κ2) is 16.4. The van der Waals surface area contributed by atoms with Crippen LogP contribution in [-0.2, 0) is 4.79 Å². The molecule has 0 rings (SSSR count). The molecule has 0 aliphatic heterocycles. The molecule has 92 valence electrons. The van der Waals surface area contributed by atoms with E-state index >= 15 is 0 Å². The summed E-state index contributed by atoms with van der Waals surface area (Å²) in [5.41, 5.74) is 0. The minimum Gasteiger partial charge on any atom is -0.395 e. The van der Waals surface area contributed by atoms with Crippen LogP contribution in [0.2, 0.25) is 0 Å². The quantitative estimate of drug-likeness (QED) is 0.663. The zero-order chi connectivity index (χ0) is 11.9. The molecule has 0 saturated carbocycles. The smallest absolute Gasteiger partial charge is 0.185 e. The lowest BCUT2D eigenvalue weighted by Gasteiger charge is -1.95. The molecule has 0 amide bonds. The summed E-state index contributed by atoms with van der Waals surface area (Å²) in [6, 6.07) is 0. The molecule has 0 aromatic heterocycles. The molecule has 0 saturated heterocycles. The number of unbranched alkanes of at least 4 members (excludes halogenated alkanes) is 3. The van der Waals surface area contributed by atoms with E-state index in [9.17, 15) is 4.79 Å². The minimum atomic E-state index is 0.233. The van der Waals surface area contributed by atoms with Crippen LogP contribution < -0.4 is 5.32 Å². The van der Waals surface area contributed by atoms with Gasteiger partial charge < -0.3 is 10.4 Å². The summed E-state index contributed by atoms with van der Waals surface area (Å²) in [6.45, 7) is 4.75. The number of aliphatic hydroxyl groups is 1. The van der Waals surface area contributed by atoms with Gasteiger partial charge in [-0.25, -0.2) is 0 Å². The Hall–Kier alpha value is -0.0600. The number of carbonyl (C=O) groups is 1. The Kier molecular flexibility index (Phi) is 18.9. The molecular weight excluding hydrogens is 210 g/mol. The van der Waals surface area contributed by atoms with Gasteiger partial charge in [0, 0.05) is 19.2 Å². The first-order valence-corrected chi connectivity index (χ1v) is 6.56. The van der Waals surface area contributed by atoms with Crippen LogP contribution in [0.25, 0.3) is 0 Å². The molecule has 0 atom stereocenters. The summed E-state index contributed by atoms with van der Waals surface area (Å²) >= 11 is 1.44. The maximum absolute atomic E-state index is 10.4. The van der Waals surface area contributed by atoms with Crippen molar-refractivity contribution in [3.05, 3.63) is 0 Å². The number of rotatable bonds is 7. The van der Waals surface area contributed by atoms with E-state index in [4.69, 9.17) is 5.11 Å². The first-order valence-electron chi connectivity index (χ1n) is 5.57. The predicted octanol–water partition coefficient (Wildman–Crippen LogP) is 2.04. The Balaban J connectivity index is 0. The standard InChI is InChI=1S/C8H16OS.C3H9NO/c1-3-4-5-6-7-10-8(2)9;1-4-2-3-5/h3-7H2,1-2H3;4-5H,2-3H2,1H3. The summed E-state index contributed by atoms with van der Waals surface area (Å²) < 4.78 is 0. The number of hydrogen-bond donors (Lipinski definition) is 2. The third-order valence-corrected chi connectivity index (χ3v) is 2.56. The molecule has 0 radical (unpaired) electrons. The highest BCUT2D eigenvalue weighted by Crippen LogP contribution is 2.07. The second-order valence-electron chi connectivity index (χ2n) is 3.23. The predicted molar refractivity (Wildman–Crippen MR) is 68.3 cm³/mol. The first-order chi connectivity index (χ1) is 7.18. The van der Waals surface area contributed by atoms with Gasteiger partial charge >= 0.3 is 0 Å². The first kappa shape index (κ1) is 17.3. The minimum absolute atomic E-state index is 0.233. The van der Waals surface area contributed by atoms with Gasteiger partial charge in [0.2, 0.25) is 0 Å². The topological polar surface area (TPSA) is 49.3 Å². The molecule has 0 aliphatic rings. The van der Waals surface area contributed by atoms with Crippen LogP contribution in [0.5, 0.6) is 0 Å². The summed E-state index contributed by atoms with van der Waals surface area (Å²) in [5.74, 6) is 1.01. The van der Waals surface area contributed by atoms with Crippen molar-refractivity contribution in [1.29, 1.82) is 0 Å². The molecule has 0 heterocycles. The fraction of sp³-hybridized carbons (Fsp3) is 0.909. The average Bonchev–Trinajstić information content (AvgIpc) is 2.19. The molecule has 4 heteroatoms. The van der Waals surface area contributed by atoms with Crippen molar-refractivity contribution in [3.63, 3.8) is 0 Å². The molecule has 0 aromatic rings. The Morgan fingerprint density at radius 3 is 2.33 bits per heavy atom. The van der Waals surface area contributed by atoms with Crippen molar-refractivity contribution in [3.8, 4) is 0 Å². The molecule has 0 aliphatic carbocycles. The molecule has 0 bridgehead atoms. The van der Waals surface area contributed by atoms with E-state index in [2.05, 4.69) is 12.2 Å². The van der Waals surface area contributed by atoms with E-state index < -0.39 is 0 Å². The number of nitrogens with one attached hydrogen (secondary N) is 1. The molecule has 0 unspecified atom stereocenters. The van der Waals surface area contributed by atoms with Gasteiger partial charge in [-0.2, -0.15) is 0 Å². The van der Waals surface area contributed by atoms with Crippen molar-refractivity contribution < 1.29 is 9.90 Å². The van der Waals surface area contributed by atoms with E-state index in [1.165, 1.54) is 37.4 Å². The van der Waals surface area contributed by atoms with Gasteiger partial charge in [-0.15, -0.1) is 0 Å². The zero-order valence-corrected chi connectivity index (χ0v) is 11.0. The van der Waals surface area contributed by atoms with Crippen molar-refractivity contribution in [2.24, 2.45) is 0 Å². The summed E-state index contributed by atoms with van der Waals surface area (Å²) in [6.07, 6.45) is 5.04. The number of likely N-dealkylation sites (N-methyl/N-ethyl adjacent to an activating group) is 1.